The van der Waals surface area contributed by atoms with Crippen molar-refractivity contribution in [1.29, 1.82) is 0 Å². The first kappa shape index (κ1) is 10.3. The second kappa shape index (κ2) is 2.86. The number of rotatable bonds is 0. The zero-order chi connectivity index (χ0) is 10.3. The van der Waals surface area contributed by atoms with Crippen LogP contribution in [0.15, 0.2) is 11.8 Å². The molecule has 0 saturated heterocycles. The van der Waals surface area contributed by atoms with Crippen LogP contribution in [0.5, 0.6) is 0 Å². The van der Waals surface area contributed by atoms with Gasteiger partial charge in [0, 0.05) is 11.5 Å². The molecule has 13 heavy (non-hydrogen) atoms. The third-order valence-electron chi connectivity index (χ3n) is 2.85. The molecule has 1 aliphatic heterocycles. The van der Waals surface area contributed by atoms with E-state index < -0.39 is 0 Å². The van der Waals surface area contributed by atoms with Crippen LogP contribution in [0.3, 0.4) is 0 Å². The summed E-state index contributed by atoms with van der Waals surface area (Å²) in [5.74, 6) is 0.898. The minimum Gasteiger partial charge on any atom is -0.491 e. The Morgan fingerprint density at radius 2 is 2.00 bits per heavy atom. The predicted octanol–water partition coefficient (Wildman–Crippen LogP) is 2.68. The first-order valence-corrected chi connectivity index (χ1v) is 4.65. The van der Waals surface area contributed by atoms with E-state index in [1.807, 2.05) is 13.8 Å². The molecule has 0 N–H and O–H groups in total. The van der Waals surface area contributed by atoms with Gasteiger partial charge in [-0.3, -0.25) is 4.79 Å². The Balaban J connectivity index is 2.97. The van der Waals surface area contributed by atoms with E-state index in [4.69, 9.17) is 4.74 Å². The smallest absolute Gasteiger partial charge is 0.163 e. The fourth-order valence-electron chi connectivity index (χ4n) is 1.45. The van der Waals surface area contributed by atoms with Gasteiger partial charge in [-0.25, -0.2) is 0 Å². The molecule has 0 aromatic heterocycles. The molecule has 0 aromatic rings. The lowest BCUT2D eigenvalue weighted by Gasteiger charge is -2.43. The Bertz CT molecular complexity index is 258. The molecular weight excluding hydrogens is 164 g/mol. The number of ketones is 1. The third kappa shape index (κ3) is 1.93. The topological polar surface area (TPSA) is 26.3 Å². The molecule has 2 heteroatoms. The molecule has 0 spiro atoms. The molecule has 1 heterocycles. The Morgan fingerprint density at radius 3 is 2.38 bits per heavy atom. The first-order chi connectivity index (χ1) is 5.74. The first-order valence-electron chi connectivity index (χ1n) is 4.65. The van der Waals surface area contributed by atoms with E-state index >= 15 is 0 Å². The molecule has 1 unspecified atom stereocenters. The number of allylic oxidation sites excluding steroid dienone is 2. The largest absolute Gasteiger partial charge is 0.491 e. The summed E-state index contributed by atoms with van der Waals surface area (Å²) < 4.78 is 5.75. The van der Waals surface area contributed by atoms with Gasteiger partial charge in [0.1, 0.15) is 5.60 Å². The second-order valence-electron chi connectivity index (χ2n) is 4.98. The summed E-state index contributed by atoms with van der Waals surface area (Å²) in [5.41, 5.74) is -0.374. The van der Waals surface area contributed by atoms with E-state index in [2.05, 4.69) is 20.8 Å². The number of ether oxygens (including phenoxy) is 1. The van der Waals surface area contributed by atoms with Crippen molar-refractivity contribution in [3.05, 3.63) is 11.8 Å². The minimum atomic E-state index is -0.358. The van der Waals surface area contributed by atoms with Crippen LogP contribution in [0.25, 0.3) is 0 Å². The van der Waals surface area contributed by atoms with Crippen molar-refractivity contribution < 1.29 is 9.53 Å². The number of hydrogen-bond donors (Lipinski definition) is 0. The fraction of sp³-hybridized carbons (Fsp3) is 0.727. The average molecular weight is 182 g/mol. The van der Waals surface area contributed by atoms with Gasteiger partial charge in [0.2, 0.25) is 0 Å². The molecule has 0 aliphatic carbocycles. The van der Waals surface area contributed by atoms with Crippen LogP contribution in [-0.2, 0) is 9.53 Å². The van der Waals surface area contributed by atoms with Crippen molar-refractivity contribution in [3.63, 3.8) is 0 Å². The van der Waals surface area contributed by atoms with Crippen molar-refractivity contribution in [2.75, 3.05) is 0 Å². The van der Waals surface area contributed by atoms with Gasteiger partial charge in [0.15, 0.2) is 5.78 Å². The fourth-order valence-corrected chi connectivity index (χ4v) is 1.45. The van der Waals surface area contributed by atoms with E-state index in [1.54, 1.807) is 6.08 Å². The van der Waals surface area contributed by atoms with Gasteiger partial charge < -0.3 is 4.74 Å². The van der Waals surface area contributed by atoms with Crippen molar-refractivity contribution in [3.8, 4) is 0 Å². The van der Waals surface area contributed by atoms with Gasteiger partial charge in [0.05, 0.1) is 12.2 Å². The monoisotopic (exact) mass is 182 g/mol. The molecule has 0 amide bonds. The van der Waals surface area contributed by atoms with Crippen molar-refractivity contribution >= 4 is 5.78 Å². The van der Waals surface area contributed by atoms with E-state index in [0.717, 1.165) is 5.76 Å². The van der Waals surface area contributed by atoms with Gasteiger partial charge in [-0.2, -0.15) is 0 Å². The summed E-state index contributed by atoms with van der Waals surface area (Å²) in [6.07, 6.45) is 2.06. The minimum absolute atomic E-state index is 0.0157. The second-order valence-corrected chi connectivity index (χ2v) is 4.98. The van der Waals surface area contributed by atoms with Crippen LogP contribution >= 0.6 is 0 Å². The molecule has 1 rings (SSSR count). The summed E-state index contributed by atoms with van der Waals surface area (Å²) >= 11 is 0. The lowest BCUT2D eigenvalue weighted by molar-refractivity contribution is -0.132. The standard InChI is InChI=1S/C11H18O2/c1-8-6-9(12)7-11(5,13-8)10(2,3)4/h6H,7H2,1-5H3. The van der Waals surface area contributed by atoms with Crippen LogP contribution in [0.4, 0.5) is 0 Å². The molecule has 1 atom stereocenters. The molecular formula is C11H18O2. The number of hydrogen-bond acceptors (Lipinski definition) is 2. The Hall–Kier alpha value is -0.790. The van der Waals surface area contributed by atoms with Crippen LogP contribution in [-0.4, -0.2) is 11.4 Å². The summed E-state index contributed by atoms with van der Waals surface area (Å²) in [5, 5.41) is 0. The van der Waals surface area contributed by atoms with E-state index in [0.29, 0.717) is 6.42 Å². The summed E-state index contributed by atoms with van der Waals surface area (Å²) in [4.78, 5) is 11.4. The average Bonchev–Trinajstić information content (AvgIpc) is 1.79. The van der Waals surface area contributed by atoms with Crippen molar-refractivity contribution in [2.24, 2.45) is 5.41 Å². The van der Waals surface area contributed by atoms with Crippen LogP contribution in [0, 0.1) is 5.41 Å². The Kier molecular flexibility index (Phi) is 2.27. The molecule has 0 aromatic carbocycles. The number of carbonyl (C=O) groups excluding carboxylic acids is 1. The van der Waals surface area contributed by atoms with Crippen LogP contribution in [0.1, 0.15) is 41.0 Å². The maximum Gasteiger partial charge on any atom is 0.163 e. The van der Waals surface area contributed by atoms with Gasteiger partial charge in [-0.1, -0.05) is 20.8 Å². The van der Waals surface area contributed by atoms with Gasteiger partial charge >= 0.3 is 0 Å². The summed E-state index contributed by atoms with van der Waals surface area (Å²) in [6.45, 7) is 10.1. The molecule has 2 nitrogen and oxygen atoms in total. The molecule has 0 fully saturated rings. The van der Waals surface area contributed by atoms with Gasteiger partial charge in [0.25, 0.3) is 0 Å². The maximum atomic E-state index is 11.4. The highest BCUT2D eigenvalue weighted by atomic mass is 16.5. The molecule has 0 radical (unpaired) electrons. The molecule has 74 valence electrons. The highest BCUT2D eigenvalue weighted by molar-refractivity contribution is 5.91. The number of carbonyl (C=O) groups is 1. The maximum absolute atomic E-state index is 11.4. The predicted molar refractivity (Wildman–Crippen MR) is 52.3 cm³/mol. The molecule has 0 saturated carbocycles. The zero-order valence-electron chi connectivity index (χ0n) is 9.10. The normalized spacial score (nSPS) is 29.6. The van der Waals surface area contributed by atoms with Gasteiger partial charge in [-0.15, -0.1) is 0 Å². The third-order valence-corrected chi connectivity index (χ3v) is 2.85. The molecule has 0 bridgehead atoms. The van der Waals surface area contributed by atoms with Gasteiger partial charge in [-0.05, 0) is 13.8 Å². The van der Waals surface area contributed by atoms with E-state index in [-0.39, 0.29) is 16.8 Å². The summed E-state index contributed by atoms with van der Waals surface area (Å²) in [7, 11) is 0. The summed E-state index contributed by atoms with van der Waals surface area (Å²) in [6, 6.07) is 0. The van der Waals surface area contributed by atoms with Crippen molar-refractivity contribution in [2.45, 2.75) is 46.6 Å². The highest BCUT2D eigenvalue weighted by Crippen LogP contribution is 2.40. The molecule has 1 aliphatic rings. The SMILES string of the molecule is CC1=CC(=O)CC(C)(C(C)(C)C)O1. The zero-order valence-corrected chi connectivity index (χ0v) is 9.10. The van der Waals surface area contributed by atoms with Crippen LogP contribution < -0.4 is 0 Å². The van der Waals surface area contributed by atoms with Crippen LogP contribution in [0.2, 0.25) is 0 Å². The lowest BCUT2D eigenvalue weighted by Crippen LogP contribution is -2.45. The van der Waals surface area contributed by atoms with E-state index in [1.165, 1.54) is 0 Å². The lowest BCUT2D eigenvalue weighted by atomic mass is 9.74. The van der Waals surface area contributed by atoms with Crippen molar-refractivity contribution in [1.82, 2.24) is 0 Å². The Morgan fingerprint density at radius 1 is 1.46 bits per heavy atom. The quantitative estimate of drug-likeness (QED) is 0.575. The Labute approximate surface area is 80.0 Å². The highest BCUT2D eigenvalue weighted by Gasteiger charge is 2.43. The van der Waals surface area contributed by atoms with E-state index in [9.17, 15) is 4.79 Å².